The van der Waals surface area contributed by atoms with Gasteiger partial charge >= 0.3 is 5.97 Å². The maximum absolute atomic E-state index is 12.4. The fourth-order valence-electron chi connectivity index (χ4n) is 2.84. The van der Waals surface area contributed by atoms with E-state index >= 15 is 0 Å². The Hall–Kier alpha value is -2.37. The van der Waals surface area contributed by atoms with Crippen LogP contribution in [0.5, 0.6) is 0 Å². The van der Waals surface area contributed by atoms with E-state index in [4.69, 9.17) is 0 Å². The number of fused-ring (bicyclic) bond motifs is 1. The molecule has 1 aromatic rings. The van der Waals surface area contributed by atoms with Gasteiger partial charge in [-0.25, -0.2) is 4.79 Å². The van der Waals surface area contributed by atoms with Crippen LogP contribution in [0.3, 0.4) is 0 Å². The van der Waals surface area contributed by atoms with Crippen molar-refractivity contribution >= 4 is 23.5 Å². The van der Waals surface area contributed by atoms with Crippen molar-refractivity contribution in [2.75, 3.05) is 11.9 Å². The molecule has 2 rings (SSSR count). The van der Waals surface area contributed by atoms with Crippen LogP contribution in [0, 0.1) is 0 Å². The molecule has 0 saturated heterocycles. The third kappa shape index (κ3) is 3.36. The summed E-state index contributed by atoms with van der Waals surface area (Å²) in [5, 5.41) is 12.0. The molecule has 0 aliphatic carbocycles. The molecule has 2 amide bonds. The predicted octanol–water partition coefficient (Wildman–Crippen LogP) is 1.97. The molecule has 0 fully saturated rings. The minimum Gasteiger partial charge on any atom is -0.480 e. The minimum atomic E-state index is -1.28. The predicted molar refractivity (Wildman–Crippen MR) is 86.6 cm³/mol. The van der Waals surface area contributed by atoms with Crippen molar-refractivity contribution in [1.29, 1.82) is 0 Å². The molecule has 124 valence electrons. The largest absolute Gasteiger partial charge is 0.480 e. The molecule has 1 aromatic carbocycles. The van der Waals surface area contributed by atoms with Crippen LogP contribution < -0.4 is 10.2 Å². The van der Waals surface area contributed by atoms with E-state index in [0.717, 1.165) is 11.3 Å². The van der Waals surface area contributed by atoms with Crippen molar-refractivity contribution < 1.29 is 19.5 Å². The van der Waals surface area contributed by atoms with Crippen LogP contribution in [0.15, 0.2) is 18.2 Å². The molecular weight excluding hydrogens is 296 g/mol. The smallest absolute Gasteiger partial charge is 0.329 e. The van der Waals surface area contributed by atoms with Gasteiger partial charge in [0.1, 0.15) is 5.54 Å². The Bertz CT molecular complexity index is 656. The lowest BCUT2D eigenvalue weighted by Gasteiger charge is -2.28. The van der Waals surface area contributed by atoms with Crippen molar-refractivity contribution in [3.63, 3.8) is 0 Å². The van der Waals surface area contributed by atoms with Crippen LogP contribution in [-0.4, -0.2) is 35.5 Å². The average molecular weight is 318 g/mol. The number of aryl methyl sites for hydroxylation is 1. The highest BCUT2D eigenvalue weighted by molar-refractivity contribution is 6.00. The first kappa shape index (κ1) is 17.0. The molecule has 0 aromatic heterocycles. The van der Waals surface area contributed by atoms with Crippen molar-refractivity contribution in [2.45, 2.75) is 45.1 Å². The number of carbonyl (C=O) groups is 3. The number of carbonyl (C=O) groups excluding carboxylic acids is 2. The normalized spacial score (nSPS) is 16.5. The quantitative estimate of drug-likeness (QED) is 0.869. The summed E-state index contributed by atoms with van der Waals surface area (Å²) in [6.45, 7) is 3.39. The van der Waals surface area contributed by atoms with Crippen molar-refractivity contribution in [2.24, 2.45) is 0 Å². The number of aliphatic carboxylic acids is 1. The number of benzene rings is 1. The van der Waals surface area contributed by atoms with Gasteiger partial charge in [0.2, 0.25) is 5.91 Å². The molecule has 6 nitrogen and oxygen atoms in total. The molecule has 1 aliphatic rings. The van der Waals surface area contributed by atoms with Gasteiger partial charge in [-0.3, -0.25) is 9.59 Å². The topological polar surface area (TPSA) is 86.7 Å². The molecule has 23 heavy (non-hydrogen) atoms. The summed E-state index contributed by atoms with van der Waals surface area (Å²) >= 11 is 0. The number of rotatable bonds is 5. The third-order valence-corrected chi connectivity index (χ3v) is 4.30. The molecule has 0 saturated carbocycles. The standard InChI is InChI=1S/C17H22N2O4/c1-4-9-17(2,16(22)23)18-15(21)12-5-7-13-11(10-12)6-8-14(20)19(13)3/h5,7,10H,4,6,8-9H2,1-3H3,(H,18,21)(H,22,23). The monoisotopic (exact) mass is 318 g/mol. The van der Waals surface area contributed by atoms with Gasteiger partial charge in [-0.2, -0.15) is 0 Å². The van der Waals surface area contributed by atoms with Gasteiger partial charge in [0, 0.05) is 24.7 Å². The van der Waals surface area contributed by atoms with Gasteiger partial charge < -0.3 is 15.3 Å². The molecule has 0 spiro atoms. The maximum atomic E-state index is 12.4. The fourth-order valence-corrected chi connectivity index (χ4v) is 2.84. The van der Waals surface area contributed by atoms with Gasteiger partial charge in [-0.1, -0.05) is 13.3 Å². The third-order valence-electron chi connectivity index (χ3n) is 4.30. The lowest BCUT2D eigenvalue weighted by Crippen LogP contribution is -2.52. The highest BCUT2D eigenvalue weighted by atomic mass is 16.4. The number of hydrogen-bond donors (Lipinski definition) is 2. The van der Waals surface area contributed by atoms with E-state index in [2.05, 4.69) is 5.32 Å². The van der Waals surface area contributed by atoms with Gasteiger partial charge in [0.15, 0.2) is 0 Å². The van der Waals surface area contributed by atoms with E-state index in [1.54, 1.807) is 30.1 Å². The summed E-state index contributed by atoms with van der Waals surface area (Å²) in [6, 6.07) is 5.10. The Morgan fingerprint density at radius 1 is 1.35 bits per heavy atom. The van der Waals surface area contributed by atoms with E-state index in [1.165, 1.54) is 6.92 Å². The summed E-state index contributed by atoms with van der Waals surface area (Å²) in [5.41, 5.74) is 0.851. The number of carboxylic acid groups (broad SMARTS) is 1. The van der Waals surface area contributed by atoms with Crippen molar-refractivity contribution in [3.8, 4) is 0 Å². The van der Waals surface area contributed by atoms with Gasteiger partial charge in [0.05, 0.1) is 0 Å². The zero-order valence-corrected chi connectivity index (χ0v) is 13.7. The second-order valence-electron chi connectivity index (χ2n) is 6.14. The number of anilines is 1. The second-order valence-corrected chi connectivity index (χ2v) is 6.14. The van der Waals surface area contributed by atoms with Crippen molar-refractivity contribution in [3.05, 3.63) is 29.3 Å². The van der Waals surface area contributed by atoms with Crippen LogP contribution in [0.2, 0.25) is 0 Å². The SMILES string of the molecule is CCCC(C)(NC(=O)c1ccc2c(c1)CCC(=O)N2C)C(=O)O. The number of nitrogens with zero attached hydrogens (tertiary/aromatic N) is 1. The molecule has 6 heteroatoms. The number of amides is 2. The van der Waals surface area contributed by atoms with E-state index in [-0.39, 0.29) is 5.91 Å². The summed E-state index contributed by atoms with van der Waals surface area (Å²) in [5.74, 6) is -1.40. The summed E-state index contributed by atoms with van der Waals surface area (Å²) in [4.78, 5) is 37.1. The van der Waals surface area contributed by atoms with Crippen LogP contribution in [-0.2, 0) is 16.0 Å². The molecule has 1 unspecified atom stereocenters. The zero-order valence-electron chi connectivity index (χ0n) is 13.7. The van der Waals surface area contributed by atoms with Gasteiger partial charge in [0.25, 0.3) is 5.91 Å². The van der Waals surface area contributed by atoms with E-state index < -0.39 is 17.4 Å². The Morgan fingerprint density at radius 3 is 2.65 bits per heavy atom. The maximum Gasteiger partial charge on any atom is 0.329 e. The first-order valence-electron chi connectivity index (χ1n) is 7.74. The number of hydrogen-bond acceptors (Lipinski definition) is 3. The highest BCUT2D eigenvalue weighted by Crippen LogP contribution is 2.27. The van der Waals surface area contributed by atoms with Crippen LogP contribution in [0.1, 0.15) is 49.0 Å². The lowest BCUT2D eigenvalue weighted by atomic mass is 9.94. The van der Waals surface area contributed by atoms with Crippen LogP contribution >= 0.6 is 0 Å². The zero-order chi connectivity index (χ0) is 17.2. The minimum absolute atomic E-state index is 0.0519. The summed E-state index contributed by atoms with van der Waals surface area (Å²) in [6.07, 6.45) is 2.01. The molecule has 2 N–H and O–H groups in total. The number of carboxylic acids is 1. The summed E-state index contributed by atoms with van der Waals surface area (Å²) in [7, 11) is 1.71. The molecular formula is C17H22N2O4. The molecule has 1 heterocycles. The first-order valence-corrected chi connectivity index (χ1v) is 7.74. The average Bonchev–Trinajstić information content (AvgIpc) is 2.50. The molecule has 0 bridgehead atoms. The van der Waals surface area contributed by atoms with E-state index in [0.29, 0.717) is 31.2 Å². The highest BCUT2D eigenvalue weighted by Gasteiger charge is 2.34. The molecule has 1 aliphatic heterocycles. The first-order chi connectivity index (χ1) is 10.8. The fraction of sp³-hybridized carbons (Fsp3) is 0.471. The van der Waals surface area contributed by atoms with Crippen LogP contribution in [0.25, 0.3) is 0 Å². The Morgan fingerprint density at radius 2 is 2.04 bits per heavy atom. The molecule has 0 radical (unpaired) electrons. The lowest BCUT2D eigenvalue weighted by molar-refractivity contribution is -0.144. The van der Waals surface area contributed by atoms with E-state index in [9.17, 15) is 19.5 Å². The second kappa shape index (κ2) is 6.40. The Kier molecular flexibility index (Phi) is 4.73. The summed E-state index contributed by atoms with van der Waals surface area (Å²) < 4.78 is 0. The molecule has 1 atom stereocenters. The Labute approximate surface area is 135 Å². The van der Waals surface area contributed by atoms with Gasteiger partial charge in [-0.15, -0.1) is 0 Å². The number of nitrogens with one attached hydrogen (secondary N) is 1. The van der Waals surface area contributed by atoms with Crippen molar-refractivity contribution in [1.82, 2.24) is 5.32 Å². The Balaban J connectivity index is 2.24. The van der Waals surface area contributed by atoms with E-state index in [1.807, 2.05) is 6.92 Å². The van der Waals surface area contributed by atoms with Crippen LogP contribution in [0.4, 0.5) is 5.69 Å². The van der Waals surface area contributed by atoms with Gasteiger partial charge in [-0.05, 0) is 43.5 Å².